The molecule has 1 aromatic heterocycles. The summed E-state index contributed by atoms with van der Waals surface area (Å²) in [6.07, 6.45) is 1.63. The number of nitrogens with two attached hydrogens (primary N) is 1. The maximum Gasteiger partial charge on any atom is 0.245 e. The molecular formula is C14H14ClN3O. The van der Waals surface area contributed by atoms with Crippen molar-refractivity contribution in [3.63, 3.8) is 0 Å². The Morgan fingerprint density at radius 1 is 1.37 bits per heavy atom. The van der Waals surface area contributed by atoms with Crippen LogP contribution < -0.4 is 11.1 Å². The van der Waals surface area contributed by atoms with E-state index in [4.69, 9.17) is 17.3 Å². The van der Waals surface area contributed by atoms with Gasteiger partial charge in [0, 0.05) is 6.20 Å². The number of halogens is 1. The molecule has 1 atom stereocenters. The van der Waals surface area contributed by atoms with Crippen molar-refractivity contribution in [1.82, 2.24) is 4.98 Å². The van der Waals surface area contributed by atoms with E-state index in [1.807, 2.05) is 25.1 Å². The van der Waals surface area contributed by atoms with Crippen molar-refractivity contribution in [2.45, 2.75) is 13.0 Å². The molecule has 0 fully saturated rings. The summed E-state index contributed by atoms with van der Waals surface area (Å²) >= 11 is 5.92. The lowest BCUT2D eigenvalue weighted by Crippen LogP contribution is -2.27. The van der Waals surface area contributed by atoms with Gasteiger partial charge in [0.05, 0.1) is 5.69 Å². The van der Waals surface area contributed by atoms with Crippen molar-refractivity contribution in [2.75, 3.05) is 5.32 Å². The fourth-order valence-electron chi connectivity index (χ4n) is 1.66. The Balaban J connectivity index is 2.15. The average molecular weight is 276 g/mol. The fourth-order valence-corrected chi connectivity index (χ4v) is 1.81. The summed E-state index contributed by atoms with van der Waals surface area (Å²) in [5.74, 6) is -0.319. The summed E-state index contributed by atoms with van der Waals surface area (Å²) in [6.45, 7) is 1.87. The van der Waals surface area contributed by atoms with Crippen molar-refractivity contribution in [2.24, 2.45) is 5.73 Å². The third-order valence-corrected chi connectivity index (χ3v) is 2.98. The lowest BCUT2D eigenvalue weighted by atomic mass is 10.1. The normalized spacial score (nSPS) is 11.9. The number of nitrogens with one attached hydrogen (secondary N) is 1. The first-order valence-electron chi connectivity index (χ1n) is 5.81. The second-order valence-electron chi connectivity index (χ2n) is 4.23. The molecule has 0 aliphatic heterocycles. The molecule has 0 bridgehead atoms. The first-order chi connectivity index (χ1) is 9.08. The van der Waals surface area contributed by atoms with Crippen LogP contribution in [-0.4, -0.2) is 10.9 Å². The Kier molecular flexibility index (Phi) is 4.14. The largest absolute Gasteiger partial charge is 0.322 e. The highest BCUT2D eigenvalue weighted by molar-refractivity contribution is 6.32. The van der Waals surface area contributed by atoms with E-state index in [1.54, 1.807) is 24.4 Å². The zero-order chi connectivity index (χ0) is 13.8. The number of amides is 1. The lowest BCUT2D eigenvalue weighted by Gasteiger charge is -2.13. The monoisotopic (exact) mass is 275 g/mol. The molecule has 0 spiro atoms. The van der Waals surface area contributed by atoms with Crippen molar-refractivity contribution >= 4 is 23.2 Å². The number of anilines is 1. The van der Waals surface area contributed by atoms with Crippen LogP contribution >= 0.6 is 11.6 Å². The maximum absolute atomic E-state index is 12.1. The van der Waals surface area contributed by atoms with E-state index in [1.165, 1.54) is 0 Å². The van der Waals surface area contributed by atoms with Crippen LogP contribution in [0.1, 0.15) is 17.2 Å². The number of aromatic nitrogens is 1. The van der Waals surface area contributed by atoms with Gasteiger partial charge in [-0.2, -0.15) is 0 Å². The fraction of sp³-hybridized carbons (Fsp3) is 0.143. The Bertz CT molecular complexity index is 586. The molecule has 1 heterocycles. The van der Waals surface area contributed by atoms with Gasteiger partial charge in [-0.05, 0) is 24.1 Å². The van der Waals surface area contributed by atoms with Crippen molar-refractivity contribution < 1.29 is 4.79 Å². The molecule has 0 aliphatic rings. The molecule has 0 radical (unpaired) electrons. The van der Waals surface area contributed by atoms with Gasteiger partial charge in [0.25, 0.3) is 0 Å². The van der Waals surface area contributed by atoms with Crippen molar-refractivity contribution in [3.8, 4) is 0 Å². The minimum atomic E-state index is -0.738. The third-order valence-electron chi connectivity index (χ3n) is 2.67. The number of aryl methyl sites for hydroxylation is 1. The second-order valence-corrected chi connectivity index (χ2v) is 4.59. The molecule has 19 heavy (non-hydrogen) atoms. The molecule has 1 aromatic carbocycles. The first kappa shape index (κ1) is 13.5. The molecule has 2 rings (SSSR count). The van der Waals surface area contributed by atoms with E-state index < -0.39 is 6.04 Å². The molecule has 0 saturated carbocycles. The number of carbonyl (C=O) groups excluding carboxylic acids is 1. The van der Waals surface area contributed by atoms with Crippen LogP contribution in [0.3, 0.4) is 0 Å². The molecular weight excluding hydrogens is 262 g/mol. The number of carbonyl (C=O) groups is 1. The first-order valence-corrected chi connectivity index (χ1v) is 6.19. The van der Waals surface area contributed by atoms with Gasteiger partial charge >= 0.3 is 0 Å². The lowest BCUT2D eigenvalue weighted by molar-refractivity contribution is -0.117. The molecule has 4 nitrogen and oxygen atoms in total. The van der Waals surface area contributed by atoms with Crippen LogP contribution in [-0.2, 0) is 4.79 Å². The molecule has 5 heteroatoms. The van der Waals surface area contributed by atoms with Crippen LogP contribution in [0.15, 0.2) is 42.6 Å². The van der Waals surface area contributed by atoms with E-state index >= 15 is 0 Å². The molecule has 2 aromatic rings. The predicted octanol–water partition coefficient (Wildman–Crippen LogP) is 2.68. The number of benzene rings is 1. The minimum Gasteiger partial charge on any atom is -0.322 e. The van der Waals surface area contributed by atoms with Gasteiger partial charge in [0.15, 0.2) is 5.15 Å². The topological polar surface area (TPSA) is 68.0 Å². The number of hydrogen-bond donors (Lipinski definition) is 2. The predicted molar refractivity (Wildman–Crippen MR) is 76.0 cm³/mol. The molecule has 0 saturated heterocycles. The van der Waals surface area contributed by atoms with Gasteiger partial charge in [-0.3, -0.25) is 4.79 Å². The van der Waals surface area contributed by atoms with Crippen molar-refractivity contribution in [3.05, 3.63) is 58.9 Å². The van der Waals surface area contributed by atoms with E-state index in [2.05, 4.69) is 10.3 Å². The molecule has 3 N–H and O–H groups in total. The SMILES string of the molecule is Cc1cnc(Cl)c(NC(=O)[C@H](N)c2ccccc2)c1. The van der Waals surface area contributed by atoms with E-state index in [9.17, 15) is 4.79 Å². The van der Waals surface area contributed by atoms with Crippen molar-refractivity contribution in [1.29, 1.82) is 0 Å². The number of hydrogen-bond acceptors (Lipinski definition) is 3. The smallest absolute Gasteiger partial charge is 0.245 e. The standard InChI is InChI=1S/C14H14ClN3O/c1-9-7-11(13(15)17-8-9)18-14(19)12(16)10-5-3-2-4-6-10/h2-8,12H,16H2,1H3,(H,18,19)/t12-/m1/s1. The van der Waals surface area contributed by atoms with Crippen LogP contribution in [0.2, 0.25) is 5.15 Å². The number of pyridine rings is 1. The molecule has 0 aliphatic carbocycles. The summed E-state index contributed by atoms with van der Waals surface area (Å²) in [6, 6.07) is 10.2. The van der Waals surface area contributed by atoms with Gasteiger partial charge in [-0.15, -0.1) is 0 Å². The minimum absolute atomic E-state index is 0.249. The van der Waals surface area contributed by atoms with Crippen LogP contribution in [0, 0.1) is 6.92 Å². The molecule has 1 amide bonds. The zero-order valence-electron chi connectivity index (χ0n) is 10.4. The quantitative estimate of drug-likeness (QED) is 0.846. The van der Waals surface area contributed by atoms with E-state index in [0.717, 1.165) is 11.1 Å². The molecule has 0 unspecified atom stereocenters. The summed E-state index contributed by atoms with van der Waals surface area (Å²) in [5, 5.41) is 2.94. The number of nitrogens with zero attached hydrogens (tertiary/aromatic N) is 1. The summed E-state index contributed by atoms with van der Waals surface area (Å²) in [5.41, 5.74) is 8.03. The van der Waals surface area contributed by atoms with Gasteiger partial charge in [0.1, 0.15) is 6.04 Å². The third kappa shape index (κ3) is 3.30. The maximum atomic E-state index is 12.1. The zero-order valence-corrected chi connectivity index (χ0v) is 11.2. The summed E-state index contributed by atoms with van der Waals surface area (Å²) in [4.78, 5) is 16.0. The van der Waals surface area contributed by atoms with Gasteiger partial charge in [-0.25, -0.2) is 4.98 Å². The Hall–Kier alpha value is -1.91. The van der Waals surface area contributed by atoms with Crippen LogP contribution in [0.25, 0.3) is 0 Å². The van der Waals surface area contributed by atoms with E-state index in [-0.39, 0.29) is 11.1 Å². The molecule has 98 valence electrons. The van der Waals surface area contributed by atoms with Crippen LogP contribution in [0.4, 0.5) is 5.69 Å². The summed E-state index contributed by atoms with van der Waals surface area (Å²) < 4.78 is 0. The highest BCUT2D eigenvalue weighted by Gasteiger charge is 2.16. The number of rotatable bonds is 3. The Morgan fingerprint density at radius 2 is 2.05 bits per heavy atom. The van der Waals surface area contributed by atoms with Gasteiger partial charge in [-0.1, -0.05) is 41.9 Å². The van der Waals surface area contributed by atoms with Crippen LogP contribution in [0.5, 0.6) is 0 Å². The Morgan fingerprint density at radius 3 is 2.74 bits per heavy atom. The van der Waals surface area contributed by atoms with Gasteiger partial charge < -0.3 is 11.1 Å². The highest BCUT2D eigenvalue weighted by atomic mass is 35.5. The highest BCUT2D eigenvalue weighted by Crippen LogP contribution is 2.21. The van der Waals surface area contributed by atoms with E-state index in [0.29, 0.717) is 5.69 Å². The summed E-state index contributed by atoms with van der Waals surface area (Å²) in [7, 11) is 0. The second kappa shape index (κ2) is 5.82. The van der Waals surface area contributed by atoms with Gasteiger partial charge in [0.2, 0.25) is 5.91 Å². The average Bonchev–Trinajstić information content (AvgIpc) is 2.43. The Labute approximate surface area is 116 Å².